The number of hydrogen-bond donors (Lipinski definition) is 2. The first-order valence-electron chi connectivity index (χ1n) is 10.6. The summed E-state index contributed by atoms with van der Waals surface area (Å²) < 4.78 is 27.0. The second-order valence-electron chi connectivity index (χ2n) is 7.26. The summed E-state index contributed by atoms with van der Waals surface area (Å²) in [5, 5.41) is 8.54. The molecule has 0 aliphatic carbocycles. The molecular weight excluding hydrogens is 376 g/mol. The molecule has 7 heteroatoms. The number of sulfonamides is 1. The number of hydrogen-bond acceptors (Lipinski definition) is 5. The lowest BCUT2D eigenvalue weighted by Gasteiger charge is -2.22. The zero-order valence-corrected chi connectivity index (χ0v) is 18.1. The molecule has 0 unspecified atom stereocenters. The summed E-state index contributed by atoms with van der Waals surface area (Å²) in [6, 6.07) is 9.20. The van der Waals surface area contributed by atoms with Gasteiger partial charge in [-0.25, -0.2) is 8.42 Å². The van der Waals surface area contributed by atoms with Gasteiger partial charge in [-0.05, 0) is 12.0 Å². The molecule has 2 N–H and O–H groups in total. The molecule has 0 atom stereocenters. The Kier molecular flexibility index (Phi) is 14.2. The fraction of sp³-hybridized carbons (Fsp3) is 0.714. The molecule has 1 aromatic carbocycles. The van der Waals surface area contributed by atoms with Gasteiger partial charge in [0.05, 0.1) is 12.4 Å². The summed E-state index contributed by atoms with van der Waals surface area (Å²) in [7, 11) is -3.42. The van der Waals surface area contributed by atoms with E-state index in [0.29, 0.717) is 6.54 Å². The minimum Gasteiger partial charge on any atom is -0.292 e. The first kappa shape index (κ1) is 25.0. The van der Waals surface area contributed by atoms with Gasteiger partial charge in [0, 0.05) is 13.1 Å². The van der Waals surface area contributed by atoms with Gasteiger partial charge in [-0.3, -0.25) is 10.0 Å². The smallest absolute Gasteiger partial charge is 0.218 e. The molecule has 162 valence electrons. The maximum atomic E-state index is 12.8. The van der Waals surface area contributed by atoms with E-state index in [-0.39, 0.29) is 18.9 Å². The van der Waals surface area contributed by atoms with Crippen LogP contribution in [0.2, 0.25) is 0 Å². The zero-order valence-electron chi connectivity index (χ0n) is 17.3. The van der Waals surface area contributed by atoms with E-state index in [1.807, 2.05) is 30.3 Å². The van der Waals surface area contributed by atoms with Gasteiger partial charge in [-0.15, -0.1) is 0 Å². The topological polar surface area (TPSA) is 78.9 Å². The van der Waals surface area contributed by atoms with Crippen LogP contribution in [0, 0.1) is 0 Å². The van der Waals surface area contributed by atoms with Crippen molar-refractivity contribution >= 4 is 10.0 Å². The molecular formula is C21H38N2O4S. The zero-order chi connectivity index (χ0) is 20.5. The lowest BCUT2D eigenvalue weighted by molar-refractivity contribution is -0.127. The monoisotopic (exact) mass is 414 g/mol. The molecule has 0 amide bonds. The average molecular weight is 415 g/mol. The van der Waals surface area contributed by atoms with E-state index < -0.39 is 10.0 Å². The van der Waals surface area contributed by atoms with Crippen LogP contribution in [0.4, 0.5) is 0 Å². The standard InChI is InChI=1S/C21H38N2O4S/c1-2-3-4-5-6-7-8-9-10-14-17-23(18-19-27-22-24)28(25,26)20-21-15-12-11-13-16-21/h11-13,15-16,22,24H,2-10,14,17-20H2,1H3. The molecule has 0 saturated carbocycles. The third-order valence-corrected chi connectivity index (χ3v) is 6.70. The maximum Gasteiger partial charge on any atom is 0.218 e. The minimum absolute atomic E-state index is 0.0157. The van der Waals surface area contributed by atoms with Crippen LogP contribution in [0.5, 0.6) is 0 Å². The van der Waals surface area contributed by atoms with Gasteiger partial charge < -0.3 is 0 Å². The molecule has 28 heavy (non-hydrogen) atoms. The number of benzene rings is 1. The molecule has 0 heterocycles. The summed E-state index contributed by atoms with van der Waals surface area (Å²) in [5.74, 6) is -0.0157. The SMILES string of the molecule is CCCCCCCCCCCCN(CCONO)S(=O)(=O)Cc1ccccc1. The van der Waals surface area contributed by atoms with Crippen molar-refractivity contribution in [3.05, 3.63) is 35.9 Å². The molecule has 0 spiro atoms. The Morgan fingerprint density at radius 1 is 0.893 bits per heavy atom. The Morgan fingerprint density at radius 2 is 1.46 bits per heavy atom. The van der Waals surface area contributed by atoms with E-state index in [2.05, 4.69) is 6.92 Å². The van der Waals surface area contributed by atoms with E-state index in [4.69, 9.17) is 10.0 Å². The van der Waals surface area contributed by atoms with Crippen molar-refractivity contribution in [3.63, 3.8) is 0 Å². The summed E-state index contributed by atoms with van der Waals surface area (Å²) in [4.78, 5) is 4.71. The quantitative estimate of drug-likeness (QED) is 0.270. The highest BCUT2D eigenvalue weighted by atomic mass is 32.2. The first-order valence-corrected chi connectivity index (χ1v) is 12.2. The Morgan fingerprint density at radius 3 is 2.04 bits per heavy atom. The second kappa shape index (κ2) is 15.9. The molecule has 0 saturated heterocycles. The van der Waals surface area contributed by atoms with Crippen molar-refractivity contribution < 1.29 is 18.5 Å². The molecule has 1 rings (SSSR count). The van der Waals surface area contributed by atoms with Crippen molar-refractivity contribution in [1.29, 1.82) is 0 Å². The average Bonchev–Trinajstić information content (AvgIpc) is 2.68. The number of rotatable bonds is 18. The highest BCUT2D eigenvalue weighted by molar-refractivity contribution is 7.88. The van der Waals surface area contributed by atoms with Crippen LogP contribution in [0.3, 0.4) is 0 Å². The van der Waals surface area contributed by atoms with Crippen molar-refractivity contribution in [2.45, 2.75) is 76.9 Å². The van der Waals surface area contributed by atoms with Gasteiger partial charge in [0.25, 0.3) is 0 Å². The van der Waals surface area contributed by atoms with Crippen LogP contribution in [0.25, 0.3) is 0 Å². The largest absolute Gasteiger partial charge is 0.292 e. The fourth-order valence-electron chi connectivity index (χ4n) is 3.23. The molecule has 0 bridgehead atoms. The maximum absolute atomic E-state index is 12.8. The Bertz CT molecular complexity index is 581. The summed E-state index contributed by atoms with van der Waals surface area (Å²) in [6.07, 6.45) is 12.1. The number of unbranched alkanes of at least 4 members (excludes halogenated alkanes) is 9. The molecule has 1 aromatic rings. The molecule has 0 aromatic heterocycles. The summed E-state index contributed by atoms with van der Waals surface area (Å²) in [5.41, 5.74) is 2.39. The van der Waals surface area contributed by atoms with E-state index >= 15 is 0 Å². The van der Waals surface area contributed by atoms with Crippen molar-refractivity contribution in [3.8, 4) is 0 Å². The van der Waals surface area contributed by atoms with Gasteiger partial charge in [0.2, 0.25) is 10.0 Å². The van der Waals surface area contributed by atoms with Gasteiger partial charge in [-0.2, -0.15) is 4.31 Å². The van der Waals surface area contributed by atoms with E-state index in [0.717, 1.165) is 24.8 Å². The molecule has 0 radical (unpaired) electrons. The summed E-state index contributed by atoms with van der Waals surface area (Å²) in [6.45, 7) is 3.04. The predicted molar refractivity (Wildman–Crippen MR) is 113 cm³/mol. The normalized spacial score (nSPS) is 12.0. The van der Waals surface area contributed by atoms with Gasteiger partial charge >= 0.3 is 0 Å². The van der Waals surface area contributed by atoms with Gasteiger partial charge in [0.15, 0.2) is 0 Å². The number of nitrogens with one attached hydrogen (secondary N) is 1. The lowest BCUT2D eigenvalue weighted by Crippen LogP contribution is -2.36. The molecule has 0 aliphatic rings. The van der Waals surface area contributed by atoms with Crippen molar-refractivity contribution in [2.75, 3.05) is 19.7 Å². The van der Waals surface area contributed by atoms with Crippen LogP contribution in [0.1, 0.15) is 76.7 Å². The van der Waals surface area contributed by atoms with Gasteiger partial charge in [0.1, 0.15) is 0 Å². The van der Waals surface area contributed by atoms with Crippen LogP contribution in [-0.2, 0) is 20.6 Å². The third-order valence-electron chi connectivity index (χ3n) is 4.85. The van der Waals surface area contributed by atoms with E-state index in [1.54, 1.807) is 5.64 Å². The Balaban J connectivity index is 2.34. The first-order chi connectivity index (χ1) is 13.6. The van der Waals surface area contributed by atoms with Crippen molar-refractivity contribution in [1.82, 2.24) is 9.95 Å². The lowest BCUT2D eigenvalue weighted by atomic mass is 10.1. The Hall–Kier alpha value is -0.990. The van der Waals surface area contributed by atoms with Crippen LogP contribution in [-0.4, -0.2) is 37.6 Å². The minimum atomic E-state index is -3.42. The van der Waals surface area contributed by atoms with Crippen LogP contribution >= 0.6 is 0 Å². The van der Waals surface area contributed by atoms with Gasteiger partial charge in [-0.1, -0.05) is 101 Å². The number of nitrogens with zero attached hydrogens (tertiary/aromatic N) is 1. The summed E-state index contributed by atoms with van der Waals surface area (Å²) >= 11 is 0. The van der Waals surface area contributed by atoms with E-state index in [9.17, 15) is 8.42 Å². The van der Waals surface area contributed by atoms with E-state index in [1.165, 1.54) is 49.3 Å². The molecule has 0 aliphatic heterocycles. The fourth-order valence-corrected chi connectivity index (χ4v) is 4.79. The second-order valence-corrected chi connectivity index (χ2v) is 9.23. The Labute approximate surface area is 171 Å². The highest BCUT2D eigenvalue weighted by Gasteiger charge is 2.22. The highest BCUT2D eigenvalue weighted by Crippen LogP contribution is 2.14. The third kappa shape index (κ3) is 11.8. The van der Waals surface area contributed by atoms with Crippen molar-refractivity contribution in [2.24, 2.45) is 0 Å². The van der Waals surface area contributed by atoms with Crippen LogP contribution < -0.4 is 5.64 Å². The van der Waals surface area contributed by atoms with Crippen LogP contribution in [0.15, 0.2) is 30.3 Å². The molecule has 6 nitrogen and oxygen atoms in total. The molecule has 0 fully saturated rings. The predicted octanol–water partition coefficient (Wildman–Crippen LogP) is 4.65.